The van der Waals surface area contributed by atoms with Crippen molar-refractivity contribution in [2.75, 3.05) is 23.7 Å². The summed E-state index contributed by atoms with van der Waals surface area (Å²) in [6, 6.07) is 13.3. The van der Waals surface area contributed by atoms with Crippen molar-refractivity contribution in [2.24, 2.45) is 5.92 Å². The number of carbonyl (C=O) groups is 2. The number of amides is 2. The second-order valence-corrected chi connectivity index (χ2v) is 9.74. The molecule has 7 nitrogen and oxygen atoms in total. The van der Waals surface area contributed by atoms with Crippen molar-refractivity contribution in [1.82, 2.24) is 15.1 Å². The molecule has 0 aliphatic carbocycles. The normalized spacial score (nSPS) is 15.4. The van der Waals surface area contributed by atoms with E-state index in [0.29, 0.717) is 40.3 Å². The third kappa shape index (κ3) is 4.75. The Balaban J connectivity index is 1.71. The highest BCUT2D eigenvalue weighted by Gasteiger charge is 2.24. The van der Waals surface area contributed by atoms with Gasteiger partial charge in [-0.2, -0.15) is 5.10 Å². The maximum Gasteiger partial charge on any atom is 0.255 e. The zero-order valence-corrected chi connectivity index (χ0v) is 20.3. The van der Waals surface area contributed by atoms with Crippen molar-refractivity contribution in [1.29, 1.82) is 0 Å². The monoisotopic (exact) mass is 459 g/mol. The van der Waals surface area contributed by atoms with E-state index < -0.39 is 0 Å². The van der Waals surface area contributed by atoms with Crippen molar-refractivity contribution < 1.29 is 9.59 Å². The summed E-state index contributed by atoms with van der Waals surface area (Å²) in [5, 5.41) is 14.8. The average molecular weight is 460 g/mol. The van der Waals surface area contributed by atoms with E-state index in [1.165, 1.54) is 5.56 Å². The summed E-state index contributed by atoms with van der Waals surface area (Å²) >= 11 is 0. The Kier molecular flexibility index (Phi) is 6.84. The molecule has 1 aliphatic rings. The van der Waals surface area contributed by atoms with E-state index in [-0.39, 0.29) is 11.3 Å². The molecule has 2 amide bonds. The van der Waals surface area contributed by atoms with Gasteiger partial charge in [-0.05, 0) is 68.1 Å². The summed E-state index contributed by atoms with van der Waals surface area (Å²) < 4.78 is 1.82. The number of rotatable bonds is 6. The molecule has 34 heavy (non-hydrogen) atoms. The van der Waals surface area contributed by atoms with Crippen LogP contribution in [0.25, 0.3) is 16.6 Å². The van der Waals surface area contributed by atoms with Gasteiger partial charge in [0.2, 0.25) is 6.41 Å². The van der Waals surface area contributed by atoms with Gasteiger partial charge in [0, 0.05) is 17.2 Å². The Labute approximate surface area is 200 Å². The minimum Gasteiger partial charge on any atom is -0.321 e. The van der Waals surface area contributed by atoms with Gasteiger partial charge in [0.25, 0.3) is 5.91 Å². The van der Waals surface area contributed by atoms with Crippen LogP contribution in [0.15, 0.2) is 48.5 Å². The summed E-state index contributed by atoms with van der Waals surface area (Å²) in [4.78, 5) is 24.6. The molecule has 0 spiro atoms. The third-order valence-electron chi connectivity index (χ3n) is 6.45. The number of hydrogen-bond acceptors (Lipinski definition) is 4. The highest BCUT2D eigenvalue weighted by atomic mass is 16.1. The van der Waals surface area contributed by atoms with Crippen LogP contribution in [-0.4, -0.2) is 35.2 Å². The molecule has 7 heteroatoms. The minimum atomic E-state index is -0.206. The predicted octanol–water partition coefficient (Wildman–Crippen LogP) is 5.01. The molecule has 3 aromatic rings. The van der Waals surface area contributed by atoms with Crippen LogP contribution < -0.4 is 16.0 Å². The fourth-order valence-electron chi connectivity index (χ4n) is 4.58. The summed E-state index contributed by atoms with van der Waals surface area (Å²) in [7, 11) is 0. The number of aromatic nitrogens is 2. The Morgan fingerprint density at radius 3 is 2.44 bits per heavy atom. The first-order valence-corrected chi connectivity index (χ1v) is 11.8. The average Bonchev–Trinajstić information content (AvgIpc) is 3.19. The number of fused-ring (bicyclic) bond motifs is 1. The minimum absolute atomic E-state index is 0.0173. The molecule has 1 aliphatic heterocycles. The first-order valence-electron chi connectivity index (χ1n) is 11.8. The highest BCUT2D eigenvalue weighted by Crippen LogP contribution is 2.36. The lowest BCUT2D eigenvalue weighted by molar-refractivity contribution is -0.105. The maximum absolute atomic E-state index is 13.1. The molecule has 1 aromatic heterocycles. The molecule has 3 N–H and O–H groups in total. The molecule has 0 unspecified atom stereocenters. The van der Waals surface area contributed by atoms with E-state index in [1.807, 2.05) is 54.1 Å². The molecular weight excluding hydrogens is 426 g/mol. The first kappa shape index (κ1) is 23.7. The lowest BCUT2D eigenvalue weighted by Gasteiger charge is -2.26. The van der Waals surface area contributed by atoms with Gasteiger partial charge in [0.1, 0.15) is 5.82 Å². The van der Waals surface area contributed by atoms with E-state index in [2.05, 4.69) is 42.8 Å². The van der Waals surface area contributed by atoms with Crippen LogP contribution in [0, 0.1) is 5.92 Å². The zero-order chi connectivity index (χ0) is 24.3. The van der Waals surface area contributed by atoms with Crippen LogP contribution in [-0.2, 0) is 10.2 Å². The smallest absolute Gasteiger partial charge is 0.255 e. The van der Waals surface area contributed by atoms with Crippen LogP contribution in [0.3, 0.4) is 0 Å². The molecular formula is C27H33N5O2. The topological polar surface area (TPSA) is 88.1 Å². The van der Waals surface area contributed by atoms with Gasteiger partial charge in [0.05, 0.1) is 16.6 Å². The van der Waals surface area contributed by atoms with Gasteiger partial charge in [-0.15, -0.1) is 0 Å². The Bertz CT molecular complexity index is 1210. The highest BCUT2D eigenvalue weighted by molar-refractivity contribution is 6.12. The SMILES string of the molecule is C/C=C(/C1CCNCC1)n1nc2cccc(NC(=O)c3ccc(C(C)(C)C)cc3)c2c1NC=O. The van der Waals surface area contributed by atoms with Crippen LogP contribution in [0.2, 0.25) is 0 Å². The maximum atomic E-state index is 13.1. The largest absolute Gasteiger partial charge is 0.321 e. The molecule has 2 aromatic carbocycles. The number of hydrogen-bond donors (Lipinski definition) is 3. The third-order valence-corrected chi connectivity index (χ3v) is 6.45. The van der Waals surface area contributed by atoms with Crippen molar-refractivity contribution in [3.8, 4) is 0 Å². The second-order valence-electron chi connectivity index (χ2n) is 9.74. The molecule has 4 rings (SSSR count). The van der Waals surface area contributed by atoms with E-state index in [9.17, 15) is 9.59 Å². The van der Waals surface area contributed by atoms with Crippen LogP contribution >= 0.6 is 0 Å². The van der Waals surface area contributed by atoms with Gasteiger partial charge >= 0.3 is 0 Å². The lowest BCUT2D eigenvalue weighted by atomic mass is 9.87. The number of benzene rings is 2. The fourth-order valence-corrected chi connectivity index (χ4v) is 4.58. The number of anilines is 2. The Hall–Kier alpha value is -3.45. The van der Waals surface area contributed by atoms with Crippen molar-refractivity contribution in [3.63, 3.8) is 0 Å². The lowest BCUT2D eigenvalue weighted by Crippen LogP contribution is -2.29. The fraction of sp³-hybridized carbons (Fsp3) is 0.370. The number of carbonyl (C=O) groups excluding carboxylic acids is 2. The molecule has 0 atom stereocenters. The Morgan fingerprint density at radius 1 is 1.12 bits per heavy atom. The van der Waals surface area contributed by atoms with Crippen LogP contribution in [0.5, 0.6) is 0 Å². The standard InChI is InChI=1S/C27H33N5O2/c1-5-23(18-13-15-28-16-14-18)32-25(29-17-33)24-21(7-6-8-22(24)31-32)30-26(34)19-9-11-20(12-10-19)27(2,3)4/h5-12,17-18,28H,13-16H2,1-4H3,(H,29,33)(H,30,34)/b23-5-. The molecule has 0 bridgehead atoms. The van der Waals surface area contributed by atoms with E-state index in [0.717, 1.165) is 31.6 Å². The number of piperidine rings is 1. The summed E-state index contributed by atoms with van der Waals surface area (Å²) in [6.07, 6.45) is 4.73. The van der Waals surface area contributed by atoms with Crippen molar-refractivity contribution in [2.45, 2.75) is 46.0 Å². The van der Waals surface area contributed by atoms with Gasteiger partial charge in [-0.25, -0.2) is 4.68 Å². The molecule has 1 saturated heterocycles. The molecule has 0 saturated carbocycles. The molecule has 0 radical (unpaired) electrons. The molecule has 1 fully saturated rings. The van der Waals surface area contributed by atoms with Crippen LogP contribution in [0.4, 0.5) is 11.5 Å². The summed E-state index contributed by atoms with van der Waals surface area (Å²) in [6.45, 7) is 10.3. The zero-order valence-electron chi connectivity index (χ0n) is 20.3. The van der Waals surface area contributed by atoms with Gasteiger partial charge < -0.3 is 16.0 Å². The number of nitrogens with one attached hydrogen (secondary N) is 3. The molecule has 2 heterocycles. The van der Waals surface area contributed by atoms with Gasteiger partial charge in [-0.3, -0.25) is 9.59 Å². The first-order chi connectivity index (χ1) is 16.3. The quantitative estimate of drug-likeness (QED) is 0.452. The second kappa shape index (κ2) is 9.81. The van der Waals surface area contributed by atoms with Gasteiger partial charge in [0.15, 0.2) is 0 Å². The van der Waals surface area contributed by atoms with E-state index in [4.69, 9.17) is 5.10 Å². The van der Waals surface area contributed by atoms with E-state index in [1.54, 1.807) is 0 Å². The molecule has 178 valence electrons. The van der Waals surface area contributed by atoms with Crippen molar-refractivity contribution >= 4 is 40.4 Å². The summed E-state index contributed by atoms with van der Waals surface area (Å²) in [5.74, 6) is 0.699. The van der Waals surface area contributed by atoms with Crippen LogP contribution in [0.1, 0.15) is 56.5 Å². The Morgan fingerprint density at radius 2 is 1.82 bits per heavy atom. The number of allylic oxidation sites excluding steroid dienone is 2. The van der Waals surface area contributed by atoms with Crippen molar-refractivity contribution in [3.05, 3.63) is 59.7 Å². The van der Waals surface area contributed by atoms with E-state index >= 15 is 0 Å². The predicted molar refractivity (Wildman–Crippen MR) is 138 cm³/mol. The number of nitrogens with zero attached hydrogens (tertiary/aromatic N) is 2. The van der Waals surface area contributed by atoms with Gasteiger partial charge in [-0.1, -0.05) is 45.0 Å². The summed E-state index contributed by atoms with van der Waals surface area (Å²) in [5.41, 5.74) is 4.13.